The SMILES string of the molecule is Cc1ccc(Cl)cc1OCC(Cl)C#N. The number of hydrogen-bond donors (Lipinski definition) is 0. The van der Waals surface area contributed by atoms with Crippen LogP contribution in [0.3, 0.4) is 0 Å². The molecule has 0 fully saturated rings. The largest absolute Gasteiger partial charge is 0.491 e. The Balaban J connectivity index is 2.67. The fraction of sp³-hybridized carbons (Fsp3) is 0.300. The van der Waals surface area contributed by atoms with Crippen molar-refractivity contribution in [1.29, 1.82) is 5.26 Å². The number of nitriles is 1. The van der Waals surface area contributed by atoms with Crippen molar-refractivity contribution in [3.63, 3.8) is 0 Å². The Labute approximate surface area is 93.0 Å². The molecule has 0 bridgehead atoms. The molecular formula is C10H9Cl2NO. The summed E-state index contributed by atoms with van der Waals surface area (Å²) in [6.45, 7) is 2.07. The van der Waals surface area contributed by atoms with Gasteiger partial charge in [-0.3, -0.25) is 0 Å². The zero-order valence-corrected chi connectivity index (χ0v) is 9.14. The van der Waals surface area contributed by atoms with Crippen LogP contribution in [0.25, 0.3) is 0 Å². The van der Waals surface area contributed by atoms with Gasteiger partial charge in [-0.2, -0.15) is 5.26 Å². The van der Waals surface area contributed by atoms with Crippen LogP contribution >= 0.6 is 23.2 Å². The maximum Gasteiger partial charge on any atom is 0.154 e. The smallest absolute Gasteiger partial charge is 0.154 e. The molecule has 0 aliphatic carbocycles. The van der Waals surface area contributed by atoms with Gasteiger partial charge in [-0.25, -0.2) is 0 Å². The summed E-state index contributed by atoms with van der Waals surface area (Å²) in [5, 5.41) is 8.42. The number of ether oxygens (including phenoxy) is 1. The minimum atomic E-state index is -0.631. The second-order valence-electron chi connectivity index (χ2n) is 2.82. The minimum Gasteiger partial charge on any atom is -0.491 e. The molecule has 1 atom stereocenters. The highest BCUT2D eigenvalue weighted by Crippen LogP contribution is 2.22. The maximum atomic E-state index is 8.45. The maximum absolute atomic E-state index is 8.45. The molecule has 0 N–H and O–H groups in total. The summed E-state index contributed by atoms with van der Waals surface area (Å²) in [5.41, 5.74) is 0.969. The Kier molecular flexibility index (Phi) is 4.06. The van der Waals surface area contributed by atoms with Crippen LogP contribution in [0, 0.1) is 18.3 Å². The Morgan fingerprint density at radius 3 is 2.93 bits per heavy atom. The lowest BCUT2D eigenvalue weighted by atomic mass is 10.2. The fourth-order valence-corrected chi connectivity index (χ4v) is 1.15. The first kappa shape index (κ1) is 11.2. The van der Waals surface area contributed by atoms with Gasteiger partial charge in [0.2, 0.25) is 0 Å². The average Bonchev–Trinajstić information content (AvgIpc) is 2.19. The average molecular weight is 230 g/mol. The number of aryl methyl sites for hydroxylation is 1. The zero-order chi connectivity index (χ0) is 10.6. The second kappa shape index (κ2) is 5.09. The Morgan fingerprint density at radius 2 is 2.29 bits per heavy atom. The van der Waals surface area contributed by atoms with Crippen LogP contribution in [0.1, 0.15) is 5.56 Å². The molecule has 0 aromatic heterocycles. The van der Waals surface area contributed by atoms with Crippen molar-refractivity contribution in [3.05, 3.63) is 28.8 Å². The molecular weight excluding hydrogens is 221 g/mol. The van der Waals surface area contributed by atoms with E-state index in [1.807, 2.05) is 19.1 Å². The lowest BCUT2D eigenvalue weighted by Gasteiger charge is -2.09. The Hall–Kier alpha value is -0.910. The number of alkyl halides is 1. The van der Waals surface area contributed by atoms with E-state index in [9.17, 15) is 0 Å². The van der Waals surface area contributed by atoms with Crippen molar-refractivity contribution in [3.8, 4) is 11.8 Å². The number of nitrogens with zero attached hydrogens (tertiary/aromatic N) is 1. The molecule has 0 spiro atoms. The van der Waals surface area contributed by atoms with Crippen LogP contribution in [0.2, 0.25) is 5.02 Å². The van der Waals surface area contributed by atoms with Crippen molar-refractivity contribution < 1.29 is 4.74 Å². The van der Waals surface area contributed by atoms with Crippen LogP contribution in [0.15, 0.2) is 18.2 Å². The van der Waals surface area contributed by atoms with Crippen LogP contribution in [-0.2, 0) is 0 Å². The molecule has 0 saturated heterocycles. The quantitative estimate of drug-likeness (QED) is 0.747. The van der Waals surface area contributed by atoms with Crippen LogP contribution in [-0.4, -0.2) is 12.0 Å². The molecule has 1 rings (SSSR count). The summed E-state index contributed by atoms with van der Waals surface area (Å²) >= 11 is 11.4. The number of halogens is 2. The van der Waals surface area contributed by atoms with E-state index in [1.165, 1.54) is 0 Å². The molecule has 14 heavy (non-hydrogen) atoms. The molecule has 0 aliphatic rings. The molecule has 0 heterocycles. The summed E-state index contributed by atoms with van der Waals surface area (Å²) < 4.78 is 5.33. The van der Waals surface area contributed by atoms with Gasteiger partial charge in [-0.05, 0) is 24.6 Å². The first-order valence-corrected chi connectivity index (χ1v) is 4.87. The summed E-state index contributed by atoms with van der Waals surface area (Å²) in [7, 11) is 0. The molecule has 0 aliphatic heterocycles. The van der Waals surface area contributed by atoms with E-state index >= 15 is 0 Å². The first-order valence-electron chi connectivity index (χ1n) is 4.06. The molecule has 2 nitrogen and oxygen atoms in total. The van der Waals surface area contributed by atoms with Gasteiger partial charge in [0.15, 0.2) is 5.38 Å². The topological polar surface area (TPSA) is 33.0 Å². The van der Waals surface area contributed by atoms with E-state index in [1.54, 1.807) is 12.1 Å². The lowest BCUT2D eigenvalue weighted by molar-refractivity contribution is 0.327. The van der Waals surface area contributed by atoms with Gasteiger partial charge in [0.25, 0.3) is 0 Å². The highest BCUT2D eigenvalue weighted by atomic mass is 35.5. The van der Waals surface area contributed by atoms with Crippen molar-refractivity contribution >= 4 is 23.2 Å². The number of rotatable bonds is 3. The van der Waals surface area contributed by atoms with Gasteiger partial charge in [0.05, 0.1) is 6.07 Å². The van der Waals surface area contributed by atoms with Gasteiger partial charge in [0, 0.05) is 5.02 Å². The lowest BCUT2D eigenvalue weighted by Crippen LogP contribution is -2.09. The molecule has 0 saturated carbocycles. The monoisotopic (exact) mass is 229 g/mol. The molecule has 1 aromatic rings. The predicted molar refractivity (Wildman–Crippen MR) is 56.9 cm³/mol. The van der Waals surface area contributed by atoms with E-state index in [-0.39, 0.29) is 6.61 Å². The third kappa shape index (κ3) is 3.10. The van der Waals surface area contributed by atoms with Crippen molar-refractivity contribution in [2.24, 2.45) is 0 Å². The third-order valence-corrected chi connectivity index (χ3v) is 2.13. The summed E-state index contributed by atoms with van der Waals surface area (Å²) in [4.78, 5) is 0. The third-order valence-electron chi connectivity index (χ3n) is 1.68. The molecule has 1 aromatic carbocycles. The first-order chi connectivity index (χ1) is 6.63. The number of benzene rings is 1. The fourth-order valence-electron chi connectivity index (χ4n) is 0.930. The summed E-state index contributed by atoms with van der Waals surface area (Å²) in [6.07, 6.45) is 0. The summed E-state index contributed by atoms with van der Waals surface area (Å²) in [6, 6.07) is 7.22. The molecule has 0 radical (unpaired) electrons. The summed E-state index contributed by atoms with van der Waals surface area (Å²) in [5.74, 6) is 0.665. The standard InChI is InChI=1S/C10H9Cl2NO/c1-7-2-3-8(11)4-10(7)14-6-9(12)5-13/h2-4,9H,6H2,1H3. The molecule has 1 unspecified atom stereocenters. The van der Waals surface area contributed by atoms with Gasteiger partial charge in [-0.15, -0.1) is 11.6 Å². The Bertz CT molecular complexity index is 360. The van der Waals surface area contributed by atoms with Crippen LogP contribution in [0.4, 0.5) is 0 Å². The van der Waals surface area contributed by atoms with Crippen LogP contribution < -0.4 is 4.74 Å². The van der Waals surface area contributed by atoms with E-state index < -0.39 is 5.38 Å². The van der Waals surface area contributed by atoms with Gasteiger partial charge in [0.1, 0.15) is 12.4 Å². The minimum absolute atomic E-state index is 0.166. The van der Waals surface area contributed by atoms with Gasteiger partial charge in [-0.1, -0.05) is 17.7 Å². The molecule has 74 valence electrons. The molecule has 0 amide bonds. The van der Waals surface area contributed by atoms with E-state index in [2.05, 4.69) is 0 Å². The predicted octanol–water partition coefficient (Wildman–Crippen LogP) is 3.16. The second-order valence-corrected chi connectivity index (χ2v) is 3.78. The van der Waals surface area contributed by atoms with Crippen molar-refractivity contribution in [2.45, 2.75) is 12.3 Å². The highest BCUT2D eigenvalue weighted by Gasteiger charge is 2.05. The van der Waals surface area contributed by atoms with E-state index in [4.69, 9.17) is 33.2 Å². The van der Waals surface area contributed by atoms with Crippen molar-refractivity contribution in [1.82, 2.24) is 0 Å². The highest BCUT2D eigenvalue weighted by molar-refractivity contribution is 6.30. The van der Waals surface area contributed by atoms with Crippen molar-refractivity contribution in [2.75, 3.05) is 6.61 Å². The van der Waals surface area contributed by atoms with Gasteiger partial charge < -0.3 is 4.74 Å². The van der Waals surface area contributed by atoms with Gasteiger partial charge >= 0.3 is 0 Å². The van der Waals surface area contributed by atoms with E-state index in [0.29, 0.717) is 10.8 Å². The normalized spacial score (nSPS) is 11.9. The van der Waals surface area contributed by atoms with Crippen LogP contribution in [0.5, 0.6) is 5.75 Å². The Morgan fingerprint density at radius 1 is 1.57 bits per heavy atom. The molecule has 4 heteroatoms. The zero-order valence-electron chi connectivity index (χ0n) is 7.63. The van der Waals surface area contributed by atoms with E-state index in [0.717, 1.165) is 5.56 Å². The number of hydrogen-bond acceptors (Lipinski definition) is 2.